The topological polar surface area (TPSA) is 21.3 Å². The third kappa shape index (κ3) is 4.33. The first-order chi connectivity index (χ1) is 9.95. The summed E-state index contributed by atoms with van der Waals surface area (Å²) in [5, 5.41) is 2.89. The second-order valence-electron chi connectivity index (χ2n) is 4.91. The van der Waals surface area contributed by atoms with Crippen molar-refractivity contribution < 1.29 is 13.5 Å². The monoisotopic (exact) mass is 311 g/mol. The zero-order valence-electron chi connectivity index (χ0n) is 11.8. The highest BCUT2D eigenvalue weighted by Gasteiger charge is 2.09. The van der Waals surface area contributed by atoms with Crippen molar-refractivity contribution in [2.75, 3.05) is 5.32 Å². The van der Waals surface area contributed by atoms with Crippen molar-refractivity contribution >= 4 is 17.3 Å². The molecule has 1 N–H and O–H groups in total. The fraction of sp³-hybridized carbons (Fsp3) is 0.250. The fourth-order valence-corrected chi connectivity index (χ4v) is 2.12. The molecule has 0 atom stereocenters. The van der Waals surface area contributed by atoms with Gasteiger partial charge in [0.25, 0.3) is 0 Å². The number of ether oxygens (including phenoxy) is 1. The molecule has 0 bridgehead atoms. The standard InChI is InChI=1S/C16H16ClF2NO/c1-10(2)21-13-5-3-11(4-6-13)9-20-16-14(17)7-12(18)8-15(16)19/h3-8,10,20H,9H2,1-2H3. The van der Waals surface area contributed by atoms with E-state index in [1.54, 1.807) is 0 Å². The summed E-state index contributed by atoms with van der Waals surface area (Å²) < 4.78 is 32.1. The molecule has 2 aromatic carbocycles. The smallest absolute Gasteiger partial charge is 0.150 e. The van der Waals surface area contributed by atoms with Crippen molar-refractivity contribution in [3.05, 3.63) is 58.6 Å². The molecule has 0 saturated heterocycles. The van der Waals surface area contributed by atoms with Crippen LogP contribution in [0.4, 0.5) is 14.5 Å². The first-order valence-electron chi connectivity index (χ1n) is 6.59. The van der Waals surface area contributed by atoms with Crippen molar-refractivity contribution in [3.63, 3.8) is 0 Å². The summed E-state index contributed by atoms with van der Waals surface area (Å²) in [4.78, 5) is 0. The Labute approximate surface area is 127 Å². The molecular weight excluding hydrogens is 296 g/mol. The van der Waals surface area contributed by atoms with Gasteiger partial charge in [-0.2, -0.15) is 0 Å². The van der Waals surface area contributed by atoms with Gasteiger partial charge in [0.1, 0.15) is 11.6 Å². The minimum atomic E-state index is -0.709. The number of hydrogen-bond acceptors (Lipinski definition) is 2. The van der Waals surface area contributed by atoms with E-state index in [9.17, 15) is 8.78 Å². The van der Waals surface area contributed by atoms with E-state index in [-0.39, 0.29) is 16.8 Å². The van der Waals surface area contributed by atoms with Crippen LogP contribution in [-0.2, 0) is 6.54 Å². The minimum Gasteiger partial charge on any atom is -0.491 e. The Morgan fingerprint density at radius 2 is 1.81 bits per heavy atom. The predicted octanol–water partition coefficient (Wildman–Crippen LogP) is 5.02. The Kier molecular flexibility index (Phi) is 5.02. The van der Waals surface area contributed by atoms with Gasteiger partial charge >= 0.3 is 0 Å². The Morgan fingerprint density at radius 1 is 1.14 bits per heavy atom. The van der Waals surface area contributed by atoms with E-state index >= 15 is 0 Å². The summed E-state index contributed by atoms with van der Waals surface area (Å²) in [5.74, 6) is -0.627. The zero-order valence-corrected chi connectivity index (χ0v) is 12.5. The van der Waals surface area contributed by atoms with Crippen molar-refractivity contribution in [2.24, 2.45) is 0 Å². The molecule has 2 aromatic rings. The average molecular weight is 312 g/mol. The molecule has 0 fully saturated rings. The van der Waals surface area contributed by atoms with Gasteiger partial charge in [-0.3, -0.25) is 0 Å². The minimum absolute atomic E-state index is 0.0206. The molecule has 5 heteroatoms. The van der Waals surface area contributed by atoms with E-state index in [1.807, 2.05) is 38.1 Å². The van der Waals surface area contributed by atoms with Crippen LogP contribution in [0.3, 0.4) is 0 Å². The van der Waals surface area contributed by atoms with Crippen LogP contribution in [-0.4, -0.2) is 6.10 Å². The van der Waals surface area contributed by atoms with E-state index in [2.05, 4.69) is 5.32 Å². The van der Waals surface area contributed by atoms with Gasteiger partial charge in [0.2, 0.25) is 0 Å². The van der Waals surface area contributed by atoms with E-state index < -0.39 is 11.6 Å². The summed E-state index contributed by atoms with van der Waals surface area (Å²) in [6.07, 6.45) is 0.112. The third-order valence-electron chi connectivity index (χ3n) is 2.77. The van der Waals surface area contributed by atoms with Crippen molar-refractivity contribution in [1.29, 1.82) is 0 Å². The van der Waals surface area contributed by atoms with E-state index in [0.717, 1.165) is 23.4 Å². The van der Waals surface area contributed by atoms with Crippen LogP contribution in [0, 0.1) is 11.6 Å². The Balaban J connectivity index is 2.03. The maximum Gasteiger partial charge on any atom is 0.150 e. The lowest BCUT2D eigenvalue weighted by atomic mass is 10.2. The second-order valence-corrected chi connectivity index (χ2v) is 5.32. The SMILES string of the molecule is CC(C)Oc1ccc(CNc2c(F)cc(F)cc2Cl)cc1. The highest BCUT2D eigenvalue weighted by molar-refractivity contribution is 6.33. The van der Waals surface area contributed by atoms with Crippen LogP contribution in [0.1, 0.15) is 19.4 Å². The number of hydrogen-bond donors (Lipinski definition) is 1. The second kappa shape index (κ2) is 6.76. The van der Waals surface area contributed by atoms with Gasteiger partial charge in [0.15, 0.2) is 5.82 Å². The summed E-state index contributed by atoms with van der Waals surface area (Å²) in [5.41, 5.74) is 1.03. The third-order valence-corrected chi connectivity index (χ3v) is 3.07. The number of nitrogens with one attached hydrogen (secondary N) is 1. The van der Waals surface area contributed by atoms with Gasteiger partial charge in [0, 0.05) is 12.6 Å². The van der Waals surface area contributed by atoms with E-state index in [0.29, 0.717) is 6.54 Å². The maximum absolute atomic E-state index is 13.6. The van der Waals surface area contributed by atoms with E-state index in [4.69, 9.17) is 16.3 Å². The number of rotatable bonds is 5. The summed E-state index contributed by atoms with van der Waals surface area (Å²) >= 11 is 5.82. The number of halogens is 3. The Bertz CT molecular complexity index is 591. The van der Waals surface area contributed by atoms with Crippen molar-refractivity contribution in [3.8, 4) is 5.75 Å². The molecule has 0 amide bonds. The first-order valence-corrected chi connectivity index (χ1v) is 6.97. The van der Waals surface area contributed by atoms with Crippen molar-refractivity contribution in [2.45, 2.75) is 26.5 Å². The molecule has 0 aliphatic heterocycles. The zero-order chi connectivity index (χ0) is 15.4. The van der Waals surface area contributed by atoms with Crippen LogP contribution in [0.25, 0.3) is 0 Å². The molecule has 0 radical (unpaired) electrons. The van der Waals surface area contributed by atoms with Crippen LogP contribution >= 0.6 is 11.6 Å². The highest BCUT2D eigenvalue weighted by Crippen LogP contribution is 2.27. The van der Waals surface area contributed by atoms with Crippen LogP contribution in [0.15, 0.2) is 36.4 Å². The predicted molar refractivity (Wildman–Crippen MR) is 80.9 cm³/mol. The first kappa shape index (κ1) is 15.6. The molecule has 2 rings (SSSR count). The average Bonchev–Trinajstić information content (AvgIpc) is 2.38. The summed E-state index contributed by atoms with van der Waals surface area (Å²) in [7, 11) is 0. The van der Waals surface area contributed by atoms with Crippen LogP contribution in [0.2, 0.25) is 5.02 Å². The Morgan fingerprint density at radius 3 is 2.38 bits per heavy atom. The van der Waals surface area contributed by atoms with Gasteiger partial charge in [-0.25, -0.2) is 8.78 Å². The van der Waals surface area contributed by atoms with Gasteiger partial charge in [-0.15, -0.1) is 0 Å². The van der Waals surface area contributed by atoms with Crippen LogP contribution < -0.4 is 10.1 Å². The largest absolute Gasteiger partial charge is 0.491 e. The Hall–Kier alpha value is -1.81. The quantitative estimate of drug-likeness (QED) is 0.837. The number of anilines is 1. The van der Waals surface area contributed by atoms with Gasteiger partial charge < -0.3 is 10.1 Å². The van der Waals surface area contributed by atoms with Crippen molar-refractivity contribution in [1.82, 2.24) is 0 Å². The fourth-order valence-electron chi connectivity index (χ4n) is 1.86. The maximum atomic E-state index is 13.6. The molecule has 0 spiro atoms. The summed E-state index contributed by atoms with van der Waals surface area (Å²) in [6, 6.07) is 9.32. The number of benzene rings is 2. The van der Waals surface area contributed by atoms with E-state index in [1.165, 1.54) is 0 Å². The van der Waals surface area contributed by atoms with Crippen LogP contribution in [0.5, 0.6) is 5.75 Å². The normalized spacial score (nSPS) is 10.8. The lowest BCUT2D eigenvalue weighted by Gasteiger charge is -2.12. The molecule has 112 valence electrons. The molecule has 0 heterocycles. The van der Waals surface area contributed by atoms with Gasteiger partial charge in [-0.1, -0.05) is 23.7 Å². The molecule has 0 aliphatic carbocycles. The molecule has 0 unspecified atom stereocenters. The molecule has 21 heavy (non-hydrogen) atoms. The van der Waals surface area contributed by atoms with Gasteiger partial charge in [-0.05, 0) is 37.6 Å². The lowest BCUT2D eigenvalue weighted by Crippen LogP contribution is -2.06. The molecule has 0 aromatic heterocycles. The molecule has 0 saturated carbocycles. The summed E-state index contributed by atoms with van der Waals surface area (Å²) in [6.45, 7) is 4.29. The van der Waals surface area contributed by atoms with Gasteiger partial charge in [0.05, 0.1) is 16.8 Å². The molecule has 2 nitrogen and oxygen atoms in total. The lowest BCUT2D eigenvalue weighted by molar-refractivity contribution is 0.242. The molecular formula is C16H16ClF2NO. The highest BCUT2D eigenvalue weighted by atomic mass is 35.5. The molecule has 0 aliphatic rings.